The number of likely N-dealkylation sites (N-methyl/N-ethyl adjacent to an activating group) is 1. The van der Waals surface area contributed by atoms with E-state index in [0.29, 0.717) is 17.4 Å². The Morgan fingerprint density at radius 2 is 2.15 bits per heavy atom. The van der Waals surface area contributed by atoms with Gasteiger partial charge < -0.3 is 9.64 Å². The third-order valence-corrected chi connectivity index (χ3v) is 6.14. The number of likely N-dealkylation sites (tertiary alicyclic amines) is 1. The van der Waals surface area contributed by atoms with Crippen molar-refractivity contribution in [2.75, 3.05) is 25.0 Å². The van der Waals surface area contributed by atoms with Gasteiger partial charge in [-0.15, -0.1) is 11.3 Å². The van der Waals surface area contributed by atoms with Crippen molar-refractivity contribution in [3.05, 3.63) is 45.8 Å². The summed E-state index contributed by atoms with van der Waals surface area (Å²) in [6.45, 7) is 8.96. The first-order chi connectivity index (χ1) is 13.0. The Kier molecular flexibility index (Phi) is 6.50. The Bertz CT molecular complexity index is 774. The number of anilines is 1. The van der Waals surface area contributed by atoms with Crippen LogP contribution < -0.4 is 4.90 Å². The minimum absolute atomic E-state index is 0.142. The fraction of sp³-hybridized carbons (Fsp3) is 0.524. The number of hydrogen-bond donors (Lipinski definition) is 0. The van der Waals surface area contributed by atoms with Crippen molar-refractivity contribution in [3.8, 4) is 0 Å². The van der Waals surface area contributed by atoms with Crippen LogP contribution in [0.2, 0.25) is 0 Å². The molecule has 3 heterocycles. The Morgan fingerprint density at radius 1 is 1.37 bits per heavy atom. The first kappa shape index (κ1) is 19.8. The summed E-state index contributed by atoms with van der Waals surface area (Å²) in [5.74, 6) is 0.403. The molecule has 27 heavy (non-hydrogen) atoms. The molecule has 0 saturated carbocycles. The van der Waals surface area contributed by atoms with E-state index in [4.69, 9.17) is 4.74 Å². The minimum Gasteiger partial charge on any atom is -0.459 e. The van der Waals surface area contributed by atoms with Crippen LogP contribution in [-0.2, 0) is 17.7 Å². The molecule has 0 spiro atoms. The Labute approximate surface area is 166 Å². The highest BCUT2D eigenvalue weighted by Crippen LogP contribution is 2.26. The molecule has 1 aliphatic rings. The molecule has 1 fully saturated rings. The molecule has 1 atom stereocenters. The fourth-order valence-electron chi connectivity index (χ4n) is 3.48. The number of esters is 1. The van der Waals surface area contributed by atoms with Crippen LogP contribution in [-0.4, -0.2) is 48.1 Å². The van der Waals surface area contributed by atoms with Gasteiger partial charge >= 0.3 is 5.97 Å². The van der Waals surface area contributed by atoms with E-state index in [-0.39, 0.29) is 12.1 Å². The van der Waals surface area contributed by atoms with Crippen molar-refractivity contribution in [1.29, 1.82) is 0 Å². The summed E-state index contributed by atoms with van der Waals surface area (Å²) in [4.78, 5) is 24.4. The highest BCUT2D eigenvalue weighted by atomic mass is 32.1. The Hall–Kier alpha value is -1.92. The topological polar surface area (TPSA) is 45.7 Å². The maximum absolute atomic E-state index is 12.4. The second kappa shape index (κ2) is 8.85. The lowest BCUT2D eigenvalue weighted by molar-refractivity contribution is 0.0378. The van der Waals surface area contributed by atoms with E-state index in [0.717, 1.165) is 32.5 Å². The second-order valence-electron chi connectivity index (χ2n) is 7.34. The zero-order valence-electron chi connectivity index (χ0n) is 16.6. The zero-order valence-corrected chi connectivity index (χ0v) is 17.5. The van der Waals surface area contributed by atoms with Gasteiger partial charge in [-0.2, -0.15) is 0 Å². The van der Waals surface area contributed by atoms with E-state index >= 15 is 0 Å². The van der Waals surface area contributed by atoms with Gasteiger partial charge in [0.2, 0.25) is 0 Å². The summed E-state index contributed by atoms with van der Waals surface area (Å²) < 4.78 is 5.39. The lowest BCUT2D eigenvalue weighted by Crippen LogP contribution is -2.36. The number of carbonyl (C=O) groups excluding carboxylic acids is 1. The van der Waals surface area contributed by atoms with Gasteiger partial charge in [-0.1, -0.05) is 6.92 Å². The van der Waals surface area contributed by atoms with Gasteiger partial charge in [0.05, 0.1) is 6.10 Å². The number of ether oxygens (including phenoxy) is 1. The predicted octanol–water partition coefficient (Wildman–Crippen LogP) is 3.98. The SMILES string of the molecule is CCc1ccc(CN2CC[C@H](N(C)c3ncccc3C(=O)OC(C)C)C2)s1. The number of thiophene rings is 1. The summed E-state index contributed by atoms with van der Waals surface area (Å²) in [5.41, 5.74) is 0.540. The van der Waals surface area contributed by atoms with E-state index in [1.807, 2.05) is 32.2 Å². The van der Waals surface area contributed by atoms with Crippen LogP contribution >= 0.6 is 11.3 Å². The van der Waals surface area contributed by atoms with Crippen LogP contribution in [0.25, 0.3) is 0 Å². The highest BCUT2D eigenvalue weighted by Gasteiger charge is 2.29. The number of carbonyl (C=O) groups is 1. The molecule has 2 aromatic rings. The lowest BCUT2D eigenvalue weighted by Gasteiger charge is -2.27. The van der Waals surface area contributed by atoms with Crippen molar-refractivity contribution in [1.82, 2.24) is 9.88 Å². The van der Waals surface area contributed by atoms with Crippen molar-refractivity contribution in [2.24, 2.45) is 0 Å². The number of aryl methyl sites for hydroxylation is 1. The molecule has 0 aromatic carbocycles. The van der Waals surface area contributed by atoms with Crippen LogP contribution in [0.5, 0.6) is 0 Å². The first-order valence-electron chi connectivity index (χ1n) is 9.66. The molecule has 2 aromatic heterocycles. The summed E-state index contributed by atoms with van der Waals surface area (Å²) in [6, 6.07) is 8.42. The zero-order chi connectivity index (χ0) is 19.4. The number of rotatable bonds is 7. The predicted molar refractivity (Wildman–Crippen MR) is 111 cm³/mol. The van der Waals surface area contributed by atoms with Crippen LogP contribution in [0.3, 0.4) is 0 Å². The van der Waals surface area contributed by atoms with E-state index in [1.165, 1.54) is 9.75 Å². The maximum atomic E-state index is 12.4. The highest BCUT2D eigenvalue weighted by molar-refractivity contribution is 7.11. The smallest absolute Gasteiger partial charge is 0.342 e. The van der Waals surface area contributed by atoms with E-state index < -0.39 is 0 Å². The molecule has 1 aliphatic heterocycles. The van der Waals surface area contributed by atoms with E-state index in [2.05, 4.69) is 33.8 Å². The molecule has 146 valence electrons. The lowest BCUT2D eigenvalue weighted by atomic mass is 10.2. The summed E-state index contributed by atoms with van der Waals surface area (Å²) >= 11 is 1.91. The molecule has 5 nitrogen and oxygen atoms in total. The van der Waals surface area contributed by atoms with E-state index in [1.54, 1.807) is 18.3 Å². The van der Waals surface area contributed by atoms with Crippen molar-refractivity contribution in [2.45, 2.75) is 52.3 Å². The molecular weight excluding hydrogens is 358 g/mol. The van der Waals surface area contributed by atoms with E-state index in [9.17, 15) is 4.79 Å². The summed E-state index contributed by atoms with van der Waals surface area (Å²) in [6.07, 6.45) is 3.77. The molecule has 0 N–H and O–H groups in total. The maximum Gasteiger partial charge on any atom is 0.342 e. The van der Waals surface area contributed by atoms with Gasteiger partial charge in [0.1, 0.15) is 11.4 Å². The molecule has 0 aliphatic carbocycles. The average Bonchev–Trinajstić information content (AvgIpc) is 3.30. The average molecular weight is 388 g/mol. The van der Waals surface area contributed by atoms with Crippen LogP contribution in [0.1, 0.15) is 47.3 Å². The van der Waals surface area contributed by atoms with Crippen molar-refractivity contribution >= 4 is 23.1 Å². The van der Waals surface area contributed by atoms with Gasteiger partial charge in [0, 0.05) is 48.7 Å². The van der Waals surface area contributed by atoms with Crippen LogP contribution in [0, 0.1) is 0 Å². The number of hydrogen-bond acceptors (Lipinski definition) is 6. The molecular formula is C21H29N3O2S. The molecule has 0 amide bonds. The molecule has 0 unspecified atom stereocenters. The van der Waals surface area contributed by atoms with Gasteiger partial charge in [-0.3, -0.25) is 4.90 Å². The molecule has 0 radical (unpaired) electrons. The Balaban J connectivity index is 1.66. The van der Waals surface area contributed by atoms with Crippen molar-refractivity contribution in [3.63, 3.8) is 0 Å². The Morgan fingerprint density at radius 3 is 2.85 bits per heavy atom. The first-order valence-corrected chi connectivity index (χ1v) is 10.5. The van der Waals surface area contributed by atoms with Gasteiger partial charge in [0.15, 0.2) is 0 Å². The number of nitrogens with zero attached hydrogens (tertiary/aromatic N) is 3. The summed E-state index contributed by atoms with van der Waals surface area (Å²) in [5, 5.41) is 0. The van der Waals surface area contributed by atoms with Crippen LogP contribution in [0.4, 0.5) is 5.82 Å². The largest absolute Gasteiger partial charge is 0.459 e. The molecule has 6 heteroatoms. The van der Waals surface area contributed by atoms with Gasteiger partial charge in [0.25, 0.3) is 0 Å². The number of pyridine rings is 1. The van der Waals surface area contributed by atoms with Crippen molar-refractivity contribution < 1.29 is 9.53 Å². The standard InChI is InChI=1S/C21H29N3O2S/c1-5-17-8-9-18(27-17)14-24-12-10-16(13-24)23(4)20-19(7-6-11-22-20)21(25)26-15(2)3/h6-9,11,15-16H,5,10,12-14H2,1-4H3/t16-/m0/s1. The minimum atomic E-state index is -0.305. The normalized spacial score (nSPS) is 17.4. The quantitative estimate of drug-likeness (QED) is 0.673. The molecule has 3 rings (SSSR count). The van der Waals surface area contributed by atoms with Gasteiger partial charge in [-0.25, -0.2) is 9.78 Å². The third-order valence-electron chi connectivity index (χ3n) is 4.92. The van der Waals surface area contributed by atoms with Crippen LogP contribution in [0.15, 0.2) is 30.5 Å². The monoisotopic (exact) mass is 387 g/mol. The van der Waals surface area contributed by atoms with Gasteiger partial charge in [-0.05, 0) is 51.0 Å². The molecule has 1 saturated heterocycles. The molecule has 0 bridgehead atoms. The third kappa shape index (κ3) is 4.87. The fourth-order valence-corrected chi connectivity index (χ4v) is 4.48. The number of aromatic nitrogens is 1. The second-order valence-corrected chi connectivity index (χ2v) is 8.59. The summed E-state index contributed by atoms with van der Waals surface area (Å²) in [7, 11) is 2.03.